The minimum Gasteiger partial charge on any atom is -0.353 e. The SMILES string of the molecule is [NH3+][C@@H]1C[C@@H]1F. The molecule has 2 heteroatoms. The quantitative estimate of drug-likeness (QED) is 0.396. The van der Waals surface area contributed by atoms with E-state index < -0.39 is 6.17 Å². The molecule has 0 saturated heterocycles. The molecule has 0 amide bonds. The van der Waals surface area contributed by atoms with Crippen LogP contribution in [0.25, 0.3) is 0 Å². The van der Waals surface area contributed by atoms with Crippen molar-refractivity contribution in [3.63, 3.8) is 0 Å². The van der Waals surface area contributed by atoms with Gasteiger partial charge in [0.25, 0.3) is 0 Å². The lowest BCUT2D eigenvalue weighted by Crippen LogP contribution is -2.53. The summed E-state index contributed by atoms with van der Waals surface area (Å²) in [5, 5.41) is 0. The van der Waals surface area contributed by atoms with Crippen molar-refractivity contribution in [3.8, 4) is 0 Å². The highest BCUT2D eigenvalue weighted by molar-refractivity contribution is 4.83. The van der Waals surface area contributed by atoms with Crippen molar-refractivity contribution in [2.75, 3.05) is 0 Å². The van der Waals surface area contributed by atoms with Crippen molar-refractivity contribution >= 4 is 0 Å². The van der Waals surface area contributed by atoms with Gasteiger partial charge < -0.3 is 5.73 Å². The van der Waals surface area contributed by atoms with Gasteiger partial charge >= 0.3 is 0 Å². The van der Waals surface area contributed by atoms with Crippen LogP contribution in [0, 0.1) is 0 Å². The fourth-order valence-electron chi connectivity index (χ4n) is 0.211. The van der Waals surface area contributed by atoms with Crippen LogP contribution in [0.1, 0.15) is 6.42 Å². The molecule has 0 aromatic heterocycles. The molecule has 0 aromatic rings. The summed E-state index contributed by atoms with van der Waals surface area (Å²) < 4.78 is 11.4. The number of alkyl halides is 1. The third-order valence-corrected chi connectivity index (χ3v) is 0.836. The van der Waals surface area contributed by atoms with Crippen LogP contribution >= 0.6 is 0 Å². The van der Waals surface area contributed by atoms with Gasteiger partial charge in [-0.25, -0.2) is 4.39 Å². The predicted molar refractivity (Wildman–Crippen MR) is 16.2 cm³/mol. The van der Waals surface area contributed by atoms with Crippen molar-refractivity contribution in [3.05, 3.63) is 0 Å². The lowest BCUT2D eigenvalue weighted by molar-refractivity contribution is -0.389. The van der Waals surface area contributed by atoms with E-state index in [1.165, 1.54) is 0 Å². The van der Waals surface area contributed by atoms with Gasteiger partial charge in [0.2, 0.25) is 0 Å². The Labute approximate surface area is 30.0 Å². The van der Waals surface area contributed by atoms with Crippen molar-refractivity contribution in [2.24, 2.45) is 0 Å². The van der Waals surface area contributed by atoms with E-state index in [-0.39, 0.29) is 6.04 Å². The van der Waals surface area contributed by atoms with Gasteiger partial charge in [0.1, 0.15) is 6.04 Å². The summed E-state index contributed by atoms with van der Waals surface area (Å²) in [5.41, 5.74) is 3.46. The molecule has 3 N–H and O–H groups in total. The molecule has 1 aliphatic rings. The minimum atomic E-state index is -0.560. The van der Waals surface area contributed by atoms with Gasteiger partial charge in [-0.15, -0.1) is 0 Å². The Balaban J connectivity index is 2.20. The first-order chi connectivity index (χ1) is 2.30. The van der Waals surface area contributed by atoms with Crippen LogP contribution in [0.4, 0.5) is 4.39 Å². The third kappa shape index (κ3) is 0.401. The molecule has 1 nitrogen and oxygen atoms in total. The number of quaternary nitrogens is 1. The second kappa shape index (κ2) is 0.684. The minimum absolute atomic E-state index is 0.134. The number of hydrogen-bond donors (Lipinski definition) is 1. The monoisotopic (exact) mass is 76.1 g/mol. The molecule has 1 saturated carbocycles. The van der Waals surface area contributed by atoms with Gasteiger partial charge in [0.05, 0.1) is 0 Å². The van der Waals surface area contributed by atoms with Gasteiger partial charge in [-0.3, -0.25) is 0 Å². The summed E-state index contributed by atoms with van der Waals surface area (Å²) in [5.74, 6) is 0. The van der Waals surface area contributed by atoms with Crippen molar-refractivity contribution in [1.29, 1.82) is 0 Å². The Kier molecular flexibility index (Phi) is 0.424. The zero-order valence-corrected chi connectivity index (χ0v) is 2.95. The van der Waals surface area contributed by atoms with E-state index in [9.17, 15) is 4.39 Å². The zero-order chi connectivity index (χ0) is 3.86. The van der Waals surface area contributed by atoms with Crippen LogP contribution < -0.4 is 5.73 Å². The molecule has 5 heavy (non-hydrogen) atoms. The molecule has 0 bridgehead atoms. The van der Waals surface area contributed by atoms with Crippen LogP contribution in [0.2, 0.25) is 0 Å². The van der Waals surface area contributed by atoms with Crippen molar-refractivity contribution < 1.29 is 10.1 Å². The highest BCUT2D eigenvalue weighted by Crippen LogP contribution is 2.19. The van der Waals surface area contributed by atoms with Gasteiger partial charge in [0.15, 0.2) is 6.17 Å². The molecule has 0 radical (unpaired) electrons. The van der Waals surface area contributed by atoms with Crippen LogP contribution in [0.5, 0.6) is 0 Å². The standard InChI is InChI=1S/C3H6FN/c4-2-1-3(2)5/h2-3H,1,5H2/p+1/t2-,3+/m0/s1. The highest BCUT2D eigenvalue weighted by atomic mass is 19.1. The maximum Gasteiger partial charge on any atom is 0.157 e. The van der Waals surface area contributed by atoms with Gasteiger partial charge in [0, 0.05) is 6.42 Å². The summed E-state index contributed by atoms with van der Waals surface area (Å²) >= 11 is 0. The first-order valence-corrected chi connectivity index (χ1v) is 1.78. The first kappa shape index (κ1) is 3.09. The molecule has 0 spiro atoms. The molecule has 1 aliphatic carbocycles. The Morgan fingerprint density at radius 3 is 2.00 bits per heavy atom. The maximum absolute atomic E-state index is 11.4. The molecule has 0 unspecified atom stereocenters. The topological polar surface area (TPSA) is 27.6 Å². The van der Waals surface area contributed by atoms with Crippen molar-refractivity contribution in [1.82, 2.24) is 0 Å². The van der Waals surface area contributed by atoms with Crippen LogP contribution in [0.15, 0.2) is 0 Å². The molecule has 0 heterocycles. The number of hydrogen-bond acceptors (Lipinski definition) is 0. The molecular formula is C3H7FN+. The molecule has 0 aliphatic heterocycles. The van der Waals surface area contributed by atoms with Crippen LogP contribution in [-0.4, -0.2) is 12.2 Å². The first-order valence-electron chi connectivity index (χ1n) is 1.78. The average molecular weight is 76.1 g/mol. The highest BCUT2D eigenvalue weighted by Gasteiger charge is 2.37. The zero-order valence-electron chi connectivity index (χ0n) is 2.95. The number of halogens is 1. The molecular weight excluding hydrogens is 69.0 g/mol. The molecule has 30 valence electrons. The Morgan fingerprint density at radius 2 is 2.00 bits per heavy atom. The molecule has 1 rings (SSSR count). The summed E-state index contributed by atoms with van der Waals surface area (Å²) in [6.45, 7) is 0. The van der Waals surface area contributed by atoms with E-state index in [0.717, 1.165) is 0 Å². The molecule has 1 fully saturated rings. The van der Waals surface area contributed by atoms with Crippen molar-refractivity contribution in [2.45, 2.75) is 18.6 Å². The summed E-state index contributed by atoms with van der Waals surface area (Å²) in [7, 11) is 0. The Morgan fingerprint density at radius 1 is 1.80 bits per heavy atom. The smallest absolute Gasteiger partial charge is 0.157 e. The van der Waals surface area contributed by atoms with E-state index in [2.05, 4.69) is 5.73 Å². The predicted octanol–water partition coefficient (Wildman–Crippen LogP) is -0.661. The summed E-state index contributed by atoms with van der Waals surface area (Å²) in [6, 6.07) is 0.134. The van der Waals surface area contributed by atoms with Crippen LogP contribution in [-0.2, 0) is 0 Å². The van der Waals surface area contributed by atoms with Gasteiger partial charge in [-0.1, -0.05) is 0 Å². The largest absolute Gasteiger partial charge is 0.353 e. The lowest BCUT2D eigenvalue weighted by Gasteiger charge is -1.62. The fraction of sp³-hybridized carbons (Fsp3) is 1.00. The van der Waals surface area contributed by atoms with Crippen LogP contribution in [0.3, 0.4) is 0 Å². The van der Waals surface area contributed by atoms with E-state index >= 15 is 0 Å². The van der Waals surface area contributed by atoms with E-state index in [1.807, 2.05) is 0 Å². The second-order valence-corrected chi connectivity index (χ2v) is 1.51. The summed E-state index contributed by atoms with van der Waals surface area (Å²) in [6.07, 6.45) is 0.134. The Hall–Kier alpha value is -0.110. The maximum atomic E-state index is 11.4. The van der Waals surface area contributed by atoms with Gasteiger partial charge in [-0.05, 0) is 0 Å². The Bertz CT molecular complexity index is 40.2. The average Bonchev–Trinajstić information content (AvgIpc) is 1.79. The normalized spacial score (nSPS) is 49.2. The lowest BCUT2D eigenvalue weighted by atomic mass is 10.8. The van der Waals surface area contributed by atoms with E-state index in [1.54, 1.807) is 0 Å². The molecule has 0 aromatic carbocycles. The summed E-state index contributed by atoms with van der Waals surface area (Å²) in [4.78, 5) is 0. The third-order valence-electron chi connectivity index (χ3n) is 0.836. The fourth-order valence-corrected chi connectivity index (χ4v) is 0.211. The van der Waals surface area contributed by atoms with E-state index in [0.29, 0.717) is 6.42 Å². The van der Waals surface area contributed by atoms with E-state index in [4.69, 9.17) is 0 Å². The second-order valence-electron chi connectivity index (χ2n) is 1.51. The molecule has 2 atom stereocenters. The number of rotatable bonds is 0. The van der Waals surface area contributed by atoms with Gasteiger partial charge in [-0.2, -0.15) is 0 Å².